The van der Waals surface area contributed by atoms with Gasteiger partial charge in [-0.05, 0) is 34.0 Å². The smallest absolute Gasteiger partial charge is 0.412 e. The lowest BCUT2D eigenvalue weighted by Gasteiger charge is -2.22. The Kier molecular flexibility index (Phi) is 6.34. The number of nitrogen functional groups attached to an aromatic ring is 2. The van der Waals surface area contributed by atoms with Gasteiger partial charge >= 0.3 is 6.09 Å². The van der Waals surface area contributed by atoms with Crippen molar-refractivity contribution in [2.75, 3.05) is 16.4 Å². The number of carbonyl (C=O) groups is 1. The summed E-state index contributed by atoms with van der Waals surface area (Å²) in [4.78, 5) is 26.0. The normalized spacial score (nSPS) is 11.3. The van der Waals surface area contributed by atoms with Crippen LogP contribution in [0.15, 0.2) is 79.0 Å². The molecular weight excluding hydrogens is 530 g/mol. The molecule has 3 heterocycles. The molecule has 6 aromatic rings. The Bertz CT molecular complexity index is 1940. The first kappa shape index (κ1) is 25.6. The zero-order chi connectivity index (χ0) is 28.7. The van der Waals surface area contributed by atoms with Crippen molar-refractivity contribution in [3.63, 3.8) is 0 Å². The van der Waals surface area contributed by atoms with Gasteiger partial charge < -0.3 is 16.6 Å². The molecule has 6 rings (SSSR count). The number of rotatable bonds is 6. The maximum Gasteiger partial charge on any atom is 0.412 e. The second-order valence-corrected chi connectivity index (χ2v) is 9.34. The van der Waals surface area contributed by atoms with Crippen molar-refractivity contribution in [3.05, 3.63) is 107 Å². The molecule has 0 aliphatic carbocycles. The van der Waals surface area contributed by atoms with Gasteiger partial charge in [-0.1, -0.05) is 54.6 Å². The summed E-state index contributed by atoms with van der Waals surface area (Å²) in [6.45, 7) is -0.0656. The van der Waals surface area contributed by atoms with Crippen LogP contribution < -0.4 is 16.4 Å². The highest BCUT2D eigenvalue weighted by Crippen LogP contribution is 2.32. The number of nitrogens with zero attached hydrogens (tertiary/aromatic N) is 6. The average molecular weight is 553 g/mol. The van der Waals surface area contributed by atoms with E-state index in [0.717, 1.165) is 21.9 Å². The number of nitrogens with two attached hydrogens (primary N) is 2. The highest BCUT2D eigenvalue weighted by atomic mass is 19.1. The minimum Gasteiger partial charge on any atom is -0.465 e. The number of fused-ring (bicyclic) bond motifs is 2. The van der Waals surface area contributed by atoms with Crippen molar-refractivity contribution < 1.29 is 18.7 Å². The van der Waals surface area contributed by atoms with E-state index in [1.165, 1.54) is 16.8 Å². The number of benzene rings is 3. The molecule has 0 saturated heterocycles. The second kappa shape index (κ2) is 10.2. The zero-order valence-corrected chi connectivity index (χ0v) is 21.4. The number of aromatic nitrogens is 5. The number of carboxylic acid groups (broad SMARTS) is 1. The molecule has 204 valence electrons. The van der Waals surface area contributed by atoms with Crippen LogP contribution in [0.5, 0.6) is 0 Å². The van der Waals surface area contributed by atoms with Crippen LogP contribution in [-0.4, -0.2) is 35.9 Å². The van der Waals surface area contributed by atoms with Crippen LogP contribution in [0, 0.1) is 11.6 Å². The first-order valence-corrected chi connectivity index (χ1v) is 12.5. The molecule has 0 unspecified atom stereocenters. The summed E-state index contributed by atoms with van der Waals surface area (Å²) in [5.74, 6) is -1.64. The number of amides is 1. The summed E-state index contributed by atoms with van der Waals surface area (Å²) in [6, 6.07) is 20.7. The van der Waals surface area contributed by atoms with Crippen molar-refractivity contribution in [2.45, 2.75) is 13.0 Å². The fourth-order valence-corrected chi connectivity index (χ4v) is 4.74. The Morgan fingerprint density at radius 2 is 1.63 bits per heavy atom. The summed E-state index contributed by atoms with van der Waals surface area (Å²) in [6.07, 6.45) is -0.212. The van der Waals surface area contributed by atoms with E-state index in [1.54, 1.807) is 18.2 Å². The second-order valence-electron chi connectivity index (χ2n) is 9.34. The van der Waals surface area contributed by atoms with Crippen LogP contribution in [0.25, 0.3) is 27.8 Å². The largest absolute Gasteiger partial charge is 0.465 e. The number of anilines is 3. The van der Waals surface area contributed by atoms with E-state index in [1.807, 2.05) is 42.5 Å². The highest BCUT2D eigenvalue weighted by Gasteiger charge is 2.25. The molecule has 0 aliphatic rings. The minimum atomic E-state index is -1.31. The fraction of sp³-hybridized carbons (Fsp3) is 0.0690. The van der Waals surface area contributed by atoms with Crippen LogP contribution in [0.4, 0.5) is 30.9 Å². The third-order valence-electron chi connectivity index (χ3n) is 6.64. The van der Waals surface area contributed by atoms with Crippen molar-refractivity contribution in [1.29, 1.82) is 0 Å². The molecule has 1 amide bonds. The molecule has 5 N–H and O–H groups in total. The van der Waals surface area contributed by atoms with Gasteiger partial charge in [0.1, 0.15) is 22.8 Å². The van der Waals surface area contributed by atoms with Gasteiger partial charge in [-0.3, -0.25) is 4.90 Å². The number of hydrogen-bond acceptors (Lipinski definition) is 7. The zero-order valence-electron chi connectivity index (χ0n) is 21.4. The lowest BCUT2D eigenvalue weighted by atomic mass is 10.1. The molecule has 0 radical (unpaired) electrons. The molecule has 0 fully saturated rings. The standard InChI is InChI=1S/C29H22F2N8O2/c30-20-13-23-24(34-14-20)22(12-19-7-3-4-8-21(19)31)37-39(23)28-35-26(32)25(27(33)36-28)38(29(40)41)15-16-9-10-17-5-1-2-6-18(17)11-16/h1-11,13-14H,12,15H2,(H,40,41)(H4,32,33,35,36). The Morgan fingerprint density at radius 1 is 0.927 bits per heavy atom. The summed E-state index contributed by atoms with van der Waals surface area (Å²) in [5.41, 5.74) is 14.3. The van der Waals surface area contributed by atoms with Gasteiger partial charge in [0.25, 0.3) is 5.95 Å². The Labute approximate surface area is 231 Å². The third kappa shape index (κ3) is 4.82. The lowest BCUT2D eigenvalue weighted by Crippen LogP contribution is -2.31. The van der Waals surface area contributed by atoms with E-state index in [4.69, 9.17) is 11.5 Å². The monoisotopic (exact) mass is 552 g/mol. The topological polar surface area (TPSA) is 149 Å². The predicted octanol–water partition coefficient (Wildman–Crippen LogP) is 5.08. The molecule has 0 aliphatic heterocycles. The van der Waals surface area contributed by atoms with Crippen LogP contribution in [0.1, 0.15) is 16.8 Å². The molecule has 10 nitrogen and oxygen atoms in total. The van der Waals surface area contributed by atoms with Crippen molar-refractivity contribution in [3.8, 4) is 5.95 Å². The highest BCUT2D eigenvalue weighted by molar-refractivity contribution is 5.94. The van der Waals surface area contributed by atoms with E-state index < -0.39 is 17.7 Å². The van der Waals surface area contributed by atoms with Gasteiger partial charge in [0.2, 0.25) is 0 Å². The van der Waals surface area contributed by atoms with Crippen LogP contribution in [0.2, 0.25) is 0 Å². The number of pyridine rings is 1. The van der Waals surface area contributed by atoms with Crippen molar-refractivity contribution in [1.82, 2.24) is 24.7 Å². The molecule has 0 spiro atoms. The third-order valence-corrected chi connectivity index (χ3v) is 6.64. The summed E-state index contributed by atoms with van der Waals surface area (Å²) in [5, 5.41) is 16.5. The van der Waals surface area contributed by atoms with Crippen LogP contribution >= 0.6 is 0 Å². The molecule has 0 saturated carbocycles. The van der Waals surface area contributed by atoms with Gasteiger partial charge in [-0.2, -0.15) is 19.7 Å². The Morgan fingerprint density at radius 3 is 2.37 bits per heavy atom. The molecular formula is C29H22F2N8O2. The van der Waals surface area contributed by atoms with Crippen molar-refractivity contribution >= 4 is 45.2 Å². The average Bonchev–Trinajstić information content (AvgIpc) is 3.30. The number of halogens is 2. The molecule has 41 heavy (non-hydrogen) atoms. The molecule has 12 heteroatoms. The van der Waals surface area contributed by atoms with Crippen LogP contribution in [-0.2, 0) is 13.0 Å². The maximum absolute atomic E-state index is 14.4. The van der Waals surface area contributed by atoms with E-state index in [2.05, 4.69) is 20.1 Å². The summed E-state index contributed by atoms with van der Waals surface area (Å²) >= 11 is 0. The van der Waals surface area contributed by atoms with E-state index in [9.17, 15) is 18.7 Å². The van der Waals surface area contributed by atoms with E-state index in [-0.39, 0.29) is 41.8 Å². The van der Waals surface area contributed by atoms with Gasteiger partial charge in [0.05, 0.1) is 24.0 Å². The Balaban J connectivity index is 1.40. The molecule has 0 bridgehead atoms. The first-order valence-electron chi connectivity index (χ1n) is 12.5. The van der Waals surface area contributed by atoms with Gasteiger partial charge in [0, 0.05) is 12.5 Å². The quantitative estimate of drug-likeness (QED) is 0.259. The molecule has 0 atom stereocenters. The predicted molar refractivity (Wildman–Crippen MR) is 151 cm³/mol. The SMILES string of the molecule is Nc1nc(-n2nc(Cc3ccccc3F)c3ncc(F)cc32)nc(N)c1N(Cc1ccc2ccccc2c1)C(=O)O. The number of hydrogen-bond donors (Lipinski definition) is 3. The van der Waals surface area contributed by atoms with E-state index >= 15 is 0 Å². The maximum atomic E-state index is 14.4. The summed E-state index contributed by atoms with van der Waals surface area (Å²) in [7, 11) is 0. The summed E-state index contributed by atoms with van der Waals surface area (Å²) < 4.78 is 29.8. The minimum absolute atomic E-state index is 0.0656. The molecule has 3 aromatic carbocycles. The van der Waals surface area contributed by atoms with Gasteiger partial charge in [0.15, 0.2) is 11.6 Å². The fourth-order valence-electron chi connectivity index (χ4n) is 4.74. The first-order chi connectivity index (χ1) is 19.8. The van der Waals surface area contributed by atoms with Gasteiger partial charge in [-0.25, -0.2) is 18.6 Å². The molecule has 3 aromatic heterocycles. The van der Waals surface area contributed by atoms with Gasteiger partial charge in [-0.15, -0.1) is 0 Å². The lowest BCUT2D eigenvalue weighted by molar-refractivity contribution is 0.201. The van der Waals surface area contributed by atoms with Crippen LogP contribution in [0.3, 0.4) is 0 Å². The van der Waals surface area contributed by atoms with E-state index in [0.29, 0.717) is 22.3 Å². The Hall–Kier alpha value is -5.65. The van der Waals surface area contributed by atoms with Crippen molar-refractivity contribution in [2.24, 2.45) is 0 Å².